The normalized spacial score (nSPS) is 10.4. The van der Waals surface area contributed by atoms with Crippen LogP contribution in [0.3, 0.4) is 0 Å². The van der Waals surface area contributed by atoms with Gasteiger partial charge in [-0.15, -0.1) is 0 Å². The number of benzene rings is 1. The second-order valence-corrected chi connectivity index (χ2v) is 4.08. The summed E-state index contributed by atoms with van der Waals surface area (Å²) in [7, 11) is -4.67. The van der Waals surface area contributed by atoms with Gasteiger partial charge < -0.3 is 11.5 Å². The number of rotatable bonds is 1. The SMILES string of the molecule is Nc1nc(N)nc(-c2ccccc2)n1.O=S(=O)(O)O. The molecule has 0 fully saturated rings. The van der Waals surface area contributed by atoms with Crippen LogP contribution in [-0.4, -0.2) is 32.5 Å². The van der Waals surface area contributed by atoms with Crippen LogP contribution in [0.5, 0.6) is 0 Å². The Hall–Kier alpha value is -2.30. The first-order chi connectivity index (χ1) is 8.75. The highest BCUT2D eigenvalue weighted by molar-refractivity contribution is 7.79. The Kier molecular flexibility index (Phi) is 4.69. The number of nitrogen functional groups attached to an aromatic ring is 2. The van der Waals surface area contributed by atoms with E-state index in [0.717, 1.165) is 5.56 Å². The quantitative estimate of drug-likeness (QED) is 0.529. The Morgan fingerprint density at radius 3 is 1.74 bits per heavy atom. The summed E-state index contributed by atoms with van der Waals surface area (Å²) in [5.74, 6) is 0.767. The summed E-state index contributed by atoms with van der Waals surface area (Å²) >= 11 is 0. The van der Waals surface area contributed by atoms with Crippen molar-refractivity contribution in [3.8, 4) is 11.4 Å². The summed E-state index contributed by atoms with van der Waals surface area (Å²) in [5, 5.41) is 0. The average Bonchev–Trinajstić information content (AvgIpc) is 2.26. The molecule has 10 heteroatoms. The Morgan fingerprint density at radius 1 is 0.895 bits per heavy atom. The summed E-state index contributed by atoms with van der Waals surface area (Å²) < 4.78 is 31.6. The molecule has 0 bridgehead atoms. The summed E-state index contributed by atoms with van der Waals surface area (Å²) in [5.41, 5.74) is 11.8. The number of hydrogen-bond donors (Lipinski definition) is 4. The van der Waals surface area contributed by atoms with Gasteiger partial charge in [-0.2, -0.15) is 23.4 Å². The van der Waals surface area contributed by atoms with E-state index in [0.29, 0.717) is 5.82 Å². The van der Waals surface area contributed by atoms with E-state index in [-0.39, 0.29) is 11.9 Å². The van der Waals surface area contributed by atoms with Crippen LogP contribution < -0.4 is 11.5 Å². The van der Waals surface area contributed by atoms with E-state index < -0.39 is 10.4 Å². The summed E-state index contributed by atoms with van der Waals surface area (Å²) in [6.07, 6.45) is 0. The lowest BCUT2D eigenvalue weighted by molar-refractivity contribution is 0.381. The van der Waals surface area contributed by atoms with Crippen LogP contribution in [0.1, 0.15) is 0 Å². The molecule has 1 heterocycles. The lowest BCUT2D eigenvalue weighted by atomic mass is 10.2. The predicted octanol–water partition coefficient (Wildman–Crippen LogP) is 0.0502. The smallest absolute Gasteiger partial charge is 0.368 e. The summed E-state index contributed by atoms with van der Waals surface area (Å²) in [6.45, 7) is 0. The maximum Gasteiger partial charge on any atom is 0.394 e. The van der Waals surface area contributed by atoms with Crippen molar-refractivity contribution in [2.75, 3.05) is 11.5 Å². The van der Waals surface area contributed by atoms with E-state index in [1.54, 1.807) is 0 Å². The molecule has 0 aliphatic rings. The Morgan fingerprint density at radius 2 is 1.32 bits per heavy atom. The molecule has 9 nitrogen and oxygen atoms in total. The molecule has 6 N–H and O–H groups in total. The molecule has 0 saturated carbocycles. The molecule has 2 rings (SSSR count). The van der Waals surface area contributed by atoms with Gasteiger partial charge in [0.2, 0.25) is 11.9 Å². The molecule has 2 aromatic rings. The first-order valence-electron chi connectivity index (χ1n) is 4.78. The van der Waals surface area contributed by atoms with Crippen LogP contribution in [-0.2, 0) is 10.4 Å². The Labute approximate surface area is 108 Å². The van der Waals surface area contributed by atoms with Gasteiger partial charge in [0.05, 0.1) is 0 Å². The molecule has 0 amide bonds. The van der Waals surface area contributed by atoms with E-state index in [1.165, 1.54) is 0 Å². The minimum Gasteiger partial charge on any atom is -0.368 e. The van der Waals surface area contributed by atoms with E-state index in [9.17, 15) is 0 Å². The topological polar surface area (TPSA) is 165 Å². The van der Waals surface area contributed by atoms with Crippen molar-refractivity contribution in [2.24, 2.45) is 0 Å². The maximum atomic E-state index is 8.74. The highest BCUT2D eigenvalue weighted by atomic mass is 32.3. The number of hydrogen-bond acceptors (Lipinski definition) is 7. The monoisotopic (exact) mass is 285 g/mol. The molecule has 19 heavy (non-hydrogen) atoms. The molecule has 0 unspecified atom stereocenters. The fraction of sp³-hybridized carbons (Fsp3) is 0. The predicted molar refractivity (Wildman–Crippen MR) is 68.3 cm³/mol. The lowest BCUT2D eigenvalue weighted by Crippen LogP contribution is -2.04. The molecule has 0 saturated heterocycles. The Balaban J connectivity index is 0.000000312. The van der Waals surface area contributed by atoms with E-state index >= 15 is 0 Å². The molecular formula is C9H11N5O4S. The molecule has 102 valence electrons. The van der Waals surface area contributed by atoms with Gasteiger partial charge in [0.1, 0.15) is 0 Å². The van der Waals surface area contributed by atoms with Gasteiger partial charge in [0.15, 0.2) is 5.82 Å². The van der Waals surface area contributed by atoms with Crippen molar-refractivity contribution in [3.05, 3.63) is 30.3 Å². The second kappa shape index (κ2) is 6.04. The van der Waals surface area contributed by atoms with Gasteiger partial charge in [-0.25, -0.2) is 0 Å². The fourth-order valence-electron chi connectivity index (χ4n) is 1.13. The zero-order valence-corrected chi connectivity index (χ0v) is 10.3. The maximum absolute atomic E-state index is 8.74. The molecule has 0 spiro atoms. The summed E-state index contributed by atoms with van der Waals surface area (Å²) in [6, 6.07) is 9.47. The van der Waals surface area contributed by atoms with Crippen molar-refractivity contribution in [3.63, 3.8) is 0 Å². The molecule has 1 aromatic carbocycles. The zero-order chi connectivity index (χ0) is 14.5. The van der Waals surface area contributed by atoms with Crippen molar-refractivity contribution >= 4 is 22.3 Å². The third-order valence-corrected chi connectivity index (χ3v) is 1.70. The first kappa shape index (κ1) is 14.8. The lowest BCUT2D eigenvalue weighted by Gasteiger charge is -2.00. The van der Waals surface area contributed by atoms with Crippen molar-refractivity contribution in [1.29, 1.82) is 0 Å². The van der Waals surface area contributed by atoms with E-state index in [4.69, 9.17) is 29.0 Å². The van der Waals surface area contributed by atoms with Gasteiger partial charge in [-0.3, -0.25) is 9.11 Å². The third kappa shape index (κ3) is 6.26. The largest absolute Gasteiger partial charge is 0.394 e. The molecule has 0 radical (unpaired) electrons. The summed E-state index contributed by atoms with van der Waals surface area (Å²) in [4.78, 5) is 11.7. The van der Waals surface area contributed by atoms with Crippen LogP contribution in [0.25, 0.3) is 11.4 Å². The number of nitrogens with zero attached hydrogens (tertiary/aromatic N) is 3. The van der Waals surface area contributed by atoms with Gasteiger partial charge in [0.25, 0.3) is 0 Å². The minimum absolute atomic E-state index is 0.136. The fourth-order valence-corrected chi connectivity index (χ4v) is 1.13. The van der Waals surface area contributed by atoms with Crippen molar-refractivity contribution < 1.29 is 17.5 Å². The van der Waals surface area contributed by atoms with Gasteiger partial charge in [-0.05, 0) is 0 Å². The van der Waals surface area contributed by atoms with Crippen LogP contribution in [0.15, 0.2) is 30.3 Å². The van der Waals surface area contributed by atoms with Crippen molar-refractivity contribution in [1.82, 2.24) is 15.0 Å². The molecular weight excluding hydrogens is 274 g/mol. The number of aromatic nitrogens is 3. The molecule has 1 aromatic heterocycles. The third-order valence-electron chi connectivity index (χ3n) is 1.70. The average molecular weight is 285 g/mol. The standard InChI is InChI=1S/C9H9N5.H2O4S/c10-8-12-7(13-9(11)14-8)6-4-2-1-3-5-6;1-5(2,3)4/h1-5H,(H4,10,11,12,13,14);(H2,1,2,3,4). The zero-order valence-electron chi connectivity index (χ0n) is 9.50. The van der Waals surface area contributed by atoms with Crippen LogP contribution in [0.4, 0.5) is 11.9 Å². The van der Waals surface area contributed by atoms with Crippen molar-refractivity contribution in [2.45, 2.75) is 0 Å². The van der Waals surface area contributed by atoms with Crippen LogP contribution >= 0.6 is 0 Å². The molecule has 0 aliphatic carbocycles. The Bertz CT molecular complexity index is 619. The highest BCUT2D eigenvalue weighted by Crippen LogP contribution is 2.14. The van der Waals surface area contributed by atoms with Gasteiger partial charge in [-0.1, -0.05) is 30.3 Å². The van der Waals surface area contributed by atoms with Gasteiger partial charge >= 0.3 is 10.4 Å². The number of anilines is 2. The number of nitrogens with two attached hydrogens (primary N) is 2. The van der Waals surface area contributed by atoms with Crippen LogP contribution in [0.2, 0.25) is 0 Å². The highest BCUT2D eigenvalue weighted by Gasteiger charge is 2.03. The minimum atomic E-state index is -4.67. The van der Waals surface area contributed by atoms with Gasteiger partial charge in [0, 0.05) is 5.56 Å². The van der Waals surface area contributed by atoms with E-state index in [2.05, 4.69) is 15.0 Å². The molecule has 0 aliphatic heterocycles. The second-order valence-electron chi connectivity index (χ2n) is 3.19. The first-order valence-corrected chi connectivity index (χ1v) is 6.18. The van der Waals surface area contributed by atoms with Crippen LogP contribution in [0, 0.1) is 0 Å². The van der Waals surface area contributed by atoms with E-state index in [1.807, 2.05) is 30.3 Å². The molecule has 0 atom stereocenters.